The summed E-state index contributed by atoms with van der Waals surface area (Å²) in [6, 6.07) is 5.15. The van der Waals surface area contributed by atoms with E-state index < -0.39 is 5.97 Å². The molecule has 1 aromatic carbocycles. The normalized spacial score (nSPS) is 11.2. The van der Waals surface area contributed by atoms with Crippen LogP contribution in [0.2, 0.25) is 0 Å². The summed E-state index contributed by atoms with van der Waals surface area (Å²) in [5, 5.41) is 2.90. The van der Waals surface area contributed by atoms with Crippen LogP contribution < -0.4 is 14.8 Å². The molecule has 0 saturated carbocycles. The number of carbonyl (C=O) groups excluding carboxylic acids is 2. The minimum absolute atomic E-state index is 0.100. The zero-order chi connectivity index (χ0) is 18.2. The van der Waals surface area contributed by atoms with Gasteiger partial charge in [0.1, 0.15) is 0 Å². The summed E-state index contributed by atoms with van der Waals surface area (Å²) in [4.78, 5) is 23.0. The van der Waals surface area contributed by atoms with E-state index in [-0.39, 0.29) is 18.1 Å². The van der Waals surface area contributed by atoms with E-state index in [1.165, 1.54) is 20.3 Å². The molecule has 0 radical (unpaired) electrons. The first-order valence-electron chi connectivity index (χ1n) is 7.69. The summed E-state index contributed by atoms with van der Waals surface area (Å²) in [5.41, 5.74) is 0.480. The minimum Gasteiger partial charge on any atom is -0.493 e. The molecule has 0 aliphatic carbocycles. The average molecular weight is 335 g/mol. The second-order valence-electron chi connectivity index (χ2n) is 5.84. The van der Waals surface area contributed by atoms with Crippen molar-refractivity contribution in [2.75, 3.05) is 20.8 Å². The number of methoxy groups -OCH3 is 2. The van der Waals surface area contributed by atoms with Crippen molar-refractivity contribution in [1.82, 2.24) is 5.32 Å². The van der Waals surface area contributed by atoms with E-state index in [0.717, 1.165) is 12.0 Å². The van der Waals surface area contributed by atoms with E-state index in [1.54, 1.807) is 24.3 Å². The molecule has 0 heterocycles. The van der Waals surface area contributed by atoms with Gasteiger partial charge in [-0.25, -0.2) is 4.79 Å². The number of ether oxygens (including phenoxy) is 3. The molecule has 0 aliphatic rings. The zero-order valence-corrected chi connectivity index (χ0v) is 14.8. The van der Waals surface area contributed by atoms with Gasteiger partial charge in [0.2, 0.25) is 0 Å². The maximum absolute atomic E-state index is 11.9. The zero-order valence-electron chi connectivity index (χ0n) is 14.8. The Kier molecular flexibility index (Phi) is 7.30. The number of benzene rings is 1. The molecule has 0 saturated heterocycles. The van der Waals surface area contributed by atoms with Crippen molar-refractivity contribution < 1.29 is 23.8 Å². The Morgan fingerprint density at radius 2 is 1.92 bits per heavy atom. The number of carbonyl (C=O) groups is 2. The van der Waals surface area contributed by atoms with E-state index in [4.69, 9.17) is 9.47 Å². The summed E-state index contributed by atoms with van der Waals surface area (Å²) in [5.74, 6) is 0.296. The Balaban J connectivity index is 2.74. The first-order valence-corrected chi connectivity index (χ1v) is 7.69. The lowest BCUT2D eigenvalue weighted by atomic mass is 10.0. The maximum Gasteiger partial charge on any atom is 0.330 e. The highest BCUT2D eigenvalue weighted by Crippen LogP contribution is 2.28. The molecule has 0 unspecified atom stereocenters. The molecular formula is C18H25NO5. The van der Waals surface area contributed by atoms with Gasteiger partial charge in [-0.1, -0.05) is 13.0 Å². The molecule has 0 bridgehead atoms. The van der Waals surface area contributed by atoms with E-state index in [9.17, 15) is 9.59 Å². The van der Waals surface area contributed by atoms with Crippen molar-refractivity contribution in [3.63, 3.8) is 0 Å². The van der Waals surface area contributed by atoms with E-state index in [2.05, 4.69) is 10.1 Å². The monoisotopic (exact) mass is 335 g/mol. The quantitative estimate of drug-likeness (QED) is 0.584. The van der Waals surface area contributed by atoms with Crippen LogP contribution in [0.15, 0.2) is 24.3 Å². The van der Waals surface area contributed by atoms with Gasteiger partial charge in [0.05, 0.1) is 14.2 Å². The van der Waals surface area contributed by atoms with Gasteiger partial charge in [-0.05, 0) is 44.0 Å². The molecule has 6 nitrogen and oxygen atoms in total. The molecule has 0 aliphatic heterocycles. The van der Waals surface area contributed by atoms with E-state index in [0.29, 0.717) is 11.5 Å². The van der Waals surface area contributed by atoms with Gasteiger partial charge in [0.15, 0.2) is 18.1 Å². The second kappa shape index (κ2) is 8.96. The molecule has 1 N–H and O–H groups in total. The molecule has 0 fully saturated rings. The number of rotatable bonds is 8. The van der Waals surface area contributed by atoms with Gasteiger partial charge >= 0.3 is 5.97 Å². The fraction of sp³-hybridized carbons (Fsp3) is 0.444. The van der Waals surface area contributed by atoms with Gasteiger partial charge in [0.25, 0.3) is 5.91 Å². The van der Waals surface area contributed by atoms with Crippen molar-refractivity contribution in [3.05, 3.63) is 29.8 Å². The summed E-state index contributed by atoms with van der Waals surface area (Å²) < 4.78 is 15.3. The molecule has 1 amide bonds. The van der Waals surface area contributed by atoms with Crippen LogP contribution in [0.3, 0.4) is 0 Å². The van der Waals surface area contributed by atoms with Gasteiger partial charge in [-0.2, -0.15) is 0 Å². The van der Waals surface area contributed by atoms with Crippen LogP contribution in [0.5, 0.6) is 11.5 Å². The highest BCUT2D eigenvalue weighted by molar-refractivity contribution is 5.87. The molecule has 132 valence electrons. The van der Waals surface area contributed by atoms with Crippen LogP contribution in [0.4, 0.5) is 0 Å². The lowest BCUT2D eigenvalue weighted by molar-refractivity contribution is -0.134. The summed E-state index contributed by atoms with van der Waals surface area (Å²) in [6.45, 7) is 5.81. The number of nitrogens with one attached hydrogen (secondary N) is 1. The first kappa shape index (κ1) is 19.5. The van der Waals surface area contributed by atoms with Crippen LogP contribution in [-0.4, -0.2) is 38.2 Å². The standard InChI is InChI=1S/C18H25NO5/c1-6-18(2,3)19-16(20)12-24-14-9-7-13(11-15(14)22-4)8-10-17(21)23-5/h7-11H,6,12H2,1-5H3,(H,19,20)/b10-8+. The third-order valence-electron chi connectivity index (χ3n) is 3.52. The molecule has 0 spiro atoms. The Morgan fingerprint density at radius 3 is 2.50 bits per heavy atom. The Morgan fingerprint density at radius 1 is 1.21 bits per heavy atom. The van der Waals surface area contributed by atoms with E-state index >= 15 is 0 Å². The Labute approximate surface area is 142 Å². The first-order chi connectivity index (χ1) is 11.3. The van der Waals surface area contributed by atoms with Crippen molar-refractivity contribution in [3.8, 4) is 11.5 Å². The van der Waals surface area contributed by atoms with Crippen molar-refractivity contribution in [2.45, 2.75) is 32.7 Å². The largest absolute Gasteiger partial charge is 0.493 e. The van der Waals surface area contributed by atoms with Crippen molar-refractivity contribution in [2.24, 2.45) is 0 Å². The molecule has 1 rings (SSSR count). The predicted molar refractivity (Wildman–Crippen MR) is 92.1 cm³/mol. The molecule has 1 aromatic rings. The number of amides is 1. The average Bonchev–Trinajstić information content (AvgIpc) is 2.57. The lowest BCUT2D eigenvalue weighted by Crippen LogP contribution is -2.44. The molecule has 6 heteroatoms. The van der Waals surface area contributed by atoms with Gasteiger partial charge in [-0.15, -0.1) is 0 Å². The maximum atomic E-state index is 11.9. The fourth-order valence-corrected chi connectivity index (χ4v) is 1.78. The lowest BCUT2D eigenvalue weighted by Gasteiger charge is -2.24. The summed E-state index contributed by atoms with van der Waals surface area (Å²) >= 11 is 0. The number of hydrogen-bond acceptors (Lipinski definition) is 5. The van der Waals surface area contributed by atoms with Crippen molar-refractivity contribution >= 4 is 18.0 Å². The van der Waals surface area contributed by atoms with Gasteiger partial charge in [0, 0.05) is 11.6 Å². The predicted octanol–water partition coefficient (Wildman–Crippen LogP) is 2.57. The SMILES string of the molecule is CCC(C)(C)NC(=O)COc1ccc(/C=C/C(=O)OC)cc1OC. The smallest absolute Gasteiger partial charge is 0.330 e. The molecule has 0 atom stereocenters. The topological polar surface area (TPSA) is 73.9 Å². The van der Waals surface area contributed by atoms with Crippen LogP contribution in [0.25, 0.3) is 6.08 Å². The summed E-state index contributed by atoms with van der Waals surface area (Å²) in [6.07, 6.45) is 3.74. The second-order valence-corrected chi connectivity index (χ2v) is 5.84. The molecule has 24 heavy (non-hydrogen) atoms. The Hall–Kier alpha value is -2.50. The van der Waals surface area contributed by atoms with Gasteiger partial charge < -0.3 is 19.5 Å². The fourth-order valence-electron chi connectivity index (χ4n) is 1.78. The van der Waals surface area contributed by atoms with Gasteiger partial charge in [-0.3, -0.25) is 4.79 Å². The molecule has 0 aromatic heterocycles. The summed E-state index contributed by atoms with van der Waals surface area (Å²) in [7, 11) is 2.82. The van der Waals surface area contributed by atoms with Crippen LogP contribution >= 0.6 is 0 Å². The van der Waals surface area contributed by atoms with Crippen molar-refractivity contribution in [1.29, 1.82) is 0 Å². The third kappa shape index (κ3) is 6.32. The van der Waals surface area contributed by atoms with Crippen LogP contribution in [0.1, 0.15) is 32.8 Å². The highest BCUT2D eigenvalue weighted by atomic mass is 16.5. The van der Waals surface area contributed by atoms with E-state index in [1.807, 2.05) is 20.8 Å². The molecular weight excluding hydrogens is 310 g/mol. The highest BCUT2D eigenvalue weighted by Gasteiger charge is 2.18. The van der Waals surface area contributed by atoms with Crippen LogP contribution in [-0.2, 0) is 14.3 Å². The number of hydrogen-bond donors (Lipinski definition) is 1. The van der Waals surface area contributed by atoms with Crippen LogP contribution in [0, 0.1) is 0 Å². The minimum atomic E-state index is -0.440. The Bertz CT molecular complexity index is 607. The third-order valence-corrected chi connectivity index (χ3v) is 3.52. The number of esters is 1.